The van der Waals surface area contributed by atoms with E-state index in [1.165, 1.54) is 4.31 Å². The first-order valence-electron chi connectivity index (χ1n) is 6.37. The number of nitrogens with zero attached hydrogens (tertiary/aromatic N) is 1. The van der Waals surface area contributed by atoms with Crippen molar-refractivity contribution in [3.8, 4) is 0 Å². The van der Waals surface area contributed by atoms with E-state index in [2.05, 4.69) is 11.6 Å². The van der Waals surface area contributed by atoms with Crippen molar-refractivity contribution in [3.05, 3.63) is 0 Å². The molecule has 18 heavy (non-hydrogen) atoms. The molecule has 1 aliphatic carbocycles. The smallest absolute Gasteiger partial charge is 0.306 e. The highest BCUT2D eigenvalue weighted by atomic mass is 32.2. The Morgan fingerprint density at radius 1 is 1.39 bits per heavy atom. The number of nitrogens with one attached hydrogen (secondary N) is 1. The normalized spacial score (nSPS) is 30.3. The maximum absolute atomic E-state index is 12.0. The van der Waals surface area contributed by atoms with Gasteiger partial charge in [0.25, 0.3) is 10.2 Å². The fraction of sp³-hybridized carbons (Fsp3) is 0.909. The van der Waals surface area contributed by atoms with Crippen LogP contribution in [0.25, 0.3) is 0 Å². The van der Waals surface area contributed by atoms with Crippen molar-refractivity contribution in [2.45, 2.75) is 26.2 Å². The topological polar surface area (TPSA) is 86.7 Å². The SMILES string of the molecule is CC1CC1CNS(=O)(=O)N1CCC(C(=O)O)CC1. The second kappa shape index (κ2) is 5.14. The summed E-state index contributed by atoms with van der Waals surface area (Å²) in [5, 5.41) is 8.86. The Labute approximate surface area is 108 Å². The average molecular weight is 276 g/mol. The molecule has 2 atom stereocenters. The van der Waals surface area contributed by atoms with E-state index in [9.17, 15) is 13.2 Å². The van der Waals surface area contributed by atoms with Crippen molar-refractivity contribution in [1.82, 2.24) is 9.03 Å². The van der Waals surface area contributed by atoms with Gasteiger partial charge in [0.1, 0.15) is 0 Å². The molecule has 0 radical (unpaired) electrons. The number of aliphatic carboxylic acids is 1. The van der Waals surface area contributed by atoms with E-state index in [0.29, 0.717) is 44.3 Å². The maximum Gasteiger partial charge on any atom is 0.306 e. The van der Waals surface area contributed by atoms with Gasteiger partial charge >= 0.3 is 5.97 Å². The Morgan fingerprint density at radius 2 is 1.94 bits per heavy atom. The Morgan fingerprint density at radius 3 is 2.39 bits per heavy atom. The van der Waals surface area contributed by atoms with Gasteiger partial charge in [-0.15, -0.1) is 0 Å². The Hall–Kier alpha value is -0.660. The third kappa shape index (κ3) is 3.21. The monoisotopic (exact) mass is 276 g/mol. The average Bonchev–Trinajstić information content (AvgIpc) is 3.03. The van der Waals surface area contributed by atoms with Gasteiger partial charge in [0.05, 0.1) is 5.92 Å². The van der Waals surface area contributed by atoms with Crippen LogP contribution >= 0.6 is 0 Å². The lowest BCUT2D eigenvalue weighted by Gasteiger charge is -2.29. The predicted molar refractivity (Wildman–Crippen MR) is 66.1 cm³/mol. The summed E-state index contributed by atoms with van der Waals surface area (Å²) in [6, 6.07) is 0. The second-order valence-corrected chi connectivity index (χ2v) is 7.09. The quantitative estimate of drug-likeness (QED) is 0.755. The van der Waals surface area contributed by atoms with Crippen LogP contribution in [0.2, 0.25) is 0 Å². The van der Waals surface area contributed by atoms with Gasteiger partial charge in [0.2, 0.25) is 0 Å². The molecule has 0 bridgehead atoms. The molecule has 7 heteroatoms. The number of carbonyl (C=O) groups is 1. The summed E-state index contributed by atoms with van der Waals surface area (Å²) in [6.45, 7) is 3.21. The van der Waals surface area contributed by atoms with E-state index < -0.39 is 22.1 Å². The van der Waals surface area contributed by atoms with E-state index in [1.54, 1.807) is 0 Å². The van der Waals surface area contributed by atoms with Gasteiger partial charge in [-0.1, -0.05) is 6.92 Å². The number of piperidine rings is 1. The molecular formula is C11H20N2O4S. The van der Waals surface area contributed by atoms with Crippen LogP contribution in [-0.4, -0.2) is 43.4 Å². The molecular weight excluding hydrogens is 256 g/mol. The van der Waals surface area contributed by atoms with Crippen LogP contribution in [0.3, 0.4) is 0 Å². The number of hydrogen-bond acceptors (Lipinski definition) is 3. The fourth-order valence-electron chi connectivity index (χ4n) is 2.33. The summed E-state index contributed by atoms with van der Waals surface area (Å²) < 4.78 is 27.9. The van der Waals surface area contributed by atoms with Crippen molar-refractivity contribution in [2.75, 3.05) is 19.6 Å². The number of carboxylic acids is 1. The highest BCUT2D eigenvalue weighted by Crippen LogP contribution is 2.37. The lowest BCUT2D eigenvalue weighted by atomic mass is 9.99. The maximum atomic E-state index is 12.0. The molecule has 0 amide bonds. The predicted octanol–water partition coefficient (Wildman–Crippen LogP) is 0.273. The van der Waals surface area contributed by atoms with E-state index in [1.807, 2.05) is 0 Å². The molecule has 6 nitrogen and oxygen atoms in total. The molecule has 0 aromatic heterocycles. The first-order chi connectivity index (χ1) is 8.40. The van der Waals surface area contributed by atoms with Crippen LogP contribution in [0.15, 0.2) is 0 Å². The lowest BCUT2D eigenvalue weighted by Crippen LogP contribution is -2.46. The summed E-state index contributed by atoms with van der Waals surface area (Å²) in [4.78, 5) is 10.8. The van der Waals surface area contributed by atoms with E-state index >= 15 is 0 Å². The second-order valence-electron chi connectivity index (χ2n) is 5.34. The van der Waals surface area contributed by atoms with Crippen molar-refractivity contribution in [2.24, 2.45) is 17.8 Å². The highest BCUT2D eigenvalue weighted by molar-refractivity contribution is 7.87. The van der Waals surface area contributed by atoms with Crippen molar-refractivity contribution in [3.63, 3.8) is 0 Å². The minimum Gasteiger partial charge on any atom is -0.481 e. The Bertz CT molecular complexity index is 415. The molecule has 2 unspecified atom stereocenters. The fourth-order valence-corrected chi connectivity index (χ4v) is 3.63. The minimum atomic E-state index is -3.42. The molecule has 1 aliphatic heterocycles. The van der Waals surface area contributed by atoms with Gasteiger partial charge in [-0.3, -0.25) is 4.79 Å². The van der Waals surface area contributed by atoms with Gasteiger partial charge in [0.15, 0.2) is 0 Å². The minimum absolute atomic E-state index is 0.298. The molecule has 0 aromatic carbocycles. The summed E-state index contributed by atoms with van der Waals surface area (Å²) in [5.41, 5.74) is 0. The molecule has 1 saturated carbocycles. The molecule has 104 valence electrons. The van der Waals surface area contributed by atoms with Crippen molar-refractivity contribution < 1.29 is 18.3 Å². The number of hydrogen-bond donors (Lipinski definition) is 2. The van der Waals surface area contributed by atoms with Gasteiger partial charge in [-0.05, 0) is 31.1 Å². The number of carboxylic acid groups (broad SMARTS) is 1. The zero-order valence-corrected chi connectivity index (χ0v) is 11.3. The molecule has 2 N–H and O–H groups in total. The molecule has 1 heterocycles. The Kier molecular flexibility index (Phi) is 3.93. The van der Waals surface area contributed by atoms with Crippen LogP contribution < -0.4 is 4.72 Å². The van der Waals surface area contributed by atoms with Crippen molar-refractivity contribution >= 4 is 16.2 Å². The summed E-state index contributed by atoms with van der Waals surface area (Å²) in [7, 11) is -3.42. The zero-order valence-electron chi connectivity index (χ0n) is 10.5. The van der Waals surface area contributed by atoms with Crippen molar-refractivity contribution in [1.29, 1.82) is 0 Å². The van der Waals surface area contributed by atoms with E-state index in [-0.39, 0.29) is 0 Å². The van der Waals surface area contributed by atoms with Crippen LogP contribution in [-0.2, 0) is 15.0 Å². The molecule has 0 aromatic rings. The summed E-state index contributed by atoms with van der Waals surface area (Å²) >= 11 is 0. The molecule has 1 saturated heterocycles. The zero-order chi connectivity index (χ0) is 13.3. The Balaban J connectivity index is 1.82. The summed E-state index contributed by atoms with van der Waals surface area (Å²) in [5.74, 6) is -0.145. The molecule has 0 spiro atoms. The lowest BCUT2D eigenvalue weighted by molar-refractivity contribution is -0.142. The van der Waals surface area contributed by atoms with Gasteiger partial charge in [-0.2, -0.15) is 12.7 Å². The van der Waals surface area contributed by atoms with Crippen LogP contribution in [0.4, 0.5) is 0 Å². The van der Waals surface area contributed by atoms with Gasteiger partial charge < -0.3 is 5.11 Å². The molecule has 2 rings (SSSR count). The third-order valence-corrected chi connectivity index (χ3v) is 5.52. The largest absolute Gasteiger partial charge is 0.481 e. The van der Waals surface area contributed by atoms with E-state index in [4.69, 9.17) is 5.11 Å². The van der Waals surface area contributed by atoms with Gasteiger partial charge in [0, 0.05) is 19.6 Å². The summed E-state index contributed by atoms with van der Waals surface area (Å²) in [6.07, 6.45) is 1.88. The molecule has 2 aliphatic rings. The highest BCUT2D eigenvalue weighted by Gasteiger charge is 2.35. The van der Waals surface area contributed by atoms with Crippen LogP contribution in [0.1, 0.15) is 26.2 Å². The first-order valence-corrected chi connectivity index (χ1v) is 7.81. The molecule has 2 fully saturated rings. The van der Waals surface area contributed by atoms with E-state index in [0.717, 1.165) is 6.42 Å². The van der Waals surface area contributed by atoms with Crippen LogP contribution in [0.5, 0.6) is 0 Å². The first kappa shape index (κ1) is 13.8. The standard InChI is InChI=1S/C11H20N2O4S/c1-8-6-10(8)7-12-18(16,17)13-4-2-9(3-5-13)11(14)15/h8-10,12H,2-7H2,1H3,(H,14,15). The number of rotatable bonds is 5. The third-order valence-electron chi connectivity index (χ3n) is 3.95. The van der Waals surface area contributed by atoms with Crippen LogP contribution in [0, 0.1) is 17.8 Å². The van der Waals surface area contributed by atoms with Gasteiger partial charge in [-0.25, -0.2) is 4.72 Å².